The normalized spacial score (nSPS) is 17.4. The van der Waals surface area contributed by atoms with Gasteiger partial charge in [-0.15, -0.1) is 0 Å². The molecule has 4 atom stereocenters. The van der Waals surface area contributed by atoms with Gasteiger partial charge < -0.3 is 30.0 Å². The first-order valence-electron chi connectivity index (χ1n) is 7.30. The Balaban J connectivity index is 3.88. The zero-order valence-electron chi connectivity index (χ0n) is 12.1. The van der Waals surface area contributed by atoms with E-state index in [4.69, 9.17) is 9.84 Å². The summed E-state index contributed by atoms with van der Waals surface area (Å²) < 4.78 is 5.20. The molecular weight excluding hydrogens is 264 g/mol. The highest BCUT2D eigenvalue weighted by molar-refractivity contribution is 5.57. The van der Waals surface area contributed by atoms with E-state index < -0.39 is 31.0 Å². The van der Waals surface area contributed by atoms with Crippen molar-refractivity contribution in [3.63, 3.8) is 0 Å². The molecule has 6 heteroatoms. The van der Waals surface area contributed by atoms with Crippen molar-refractivity contribution in [3.05, 3.63) is 0 Å². The minimum Gasteiger partial charge on any atom is -0.394 e. The Morgan fingerprint density at radius 3 is 2.15 bits per heavy atom. The van der Waals surface area contributed by atoms with Gasteiger partial charge in [0.1, 0.15) is 24.4 Å². The predicted octanol–water partition coefficient (Wildman–Crippen LogP) is 0.00600. The van der Waals surface area contributed by atoms with Gasteiger partial charge in [0.2, 0.25) is 0 Å². The summed E-state index contributed by atoms with van der Waals surface area (Å²) >= 11 is 0. The molecule has 0 unspecified atom stereocenters. The summed E-state index contributed by atoms with van der Waals surface area (Å²) in [5.41, 5.74) is 0. The maximum atomic E-state index is 10.8. The van der Waals surface area contributed by atoms with Crippen molar-refractivity contribution >= 4 is 6.29 Å². The summed E-state index contributed by atoms with van der Waals surface area (Å²) in [4.78, 5) is 10.8. The van der Waals surface area contributed by atoms with Crippen LogP contribution in [0, 0.1) is 0 Å². The van der Waals surface area contributed by atoms with E-state index in [0.29, 0.717) is 12.9 Å². The summed E-state index contributed by atoms with van der Waals surface area (Å²) in [5, 5.41) is 37.0. The Morgan fingerprint density at radius 2 is 1.60 bits per heavy atom. The first kappa shape index (κ1) is 19.5. The van der Waals surface area contributed by atoms with Crippen LogP contribution in [-0.2, 0) is 9.53 Å². The number of carbonyl (C=O) groups excluding carboxylic acids is 1. The van der Waals surface area contributed by atoms with Crippen LogP contribution in [0.5, 0.6) is 0 Å². The van der Waals surface area contributed by atoms with Crippen molar-refractivity contribution < 1.29 is 30.0 Å². The largest absolute Gasteiger partial charge is 0.394 e. The monoisotopic (exact) mass is 292 g/mol. The number of hydrogen-bond acceptors (Lipinski definition) is 6. The number of rotatable bonds is 13. The number of hydrogen-bond donors (Lipinski definition) is 4. The van der Waals surface area contributed by atoms with E-state index in [0.717, 1.165) is 19.3 Å². The lowest BCUT2D eigenvalue weighted by atomic mass is 10.0. The fourth-order valence-electron chi connectivity index (χ4n) is 1.85. The van der Waals surface area contributed by atoms with Gasteiger partial charge in [-0.25, -0.2) is 0 Å². The van der Waals surface area contributed by atoms with Gasteiger partial charge in [-0.3, -0.25) is 0 Å². The van der Waals surface area contributed by atoms with E-state index in [2.05, 4.69) is 6.92 Å². The molecule has 0 heterocycles. The van der Waals surface area contributed by atoms with Crippen LogP contribution in [-0.4, -0.2) is 64.3 Å². The average molecular weight is 292 g/mol. The summed E-state index contributed by atoms with van der Waals surface area (Å²) in [6.45, 7) is 1.76. The number of carbonyl (C=O) groups is 1. The van der Waals surface area contributed by atoms with Gasteiger partial charge in [-0.1, -0.05) is 39.0 Å². The van der Waals surface area contributed by atoms with Crippen molar-refractivity contribution in [2.75, 3.05) is 13.2 Å². The van der Waals surface area contributed by atoms with Gasteiger partial charge >= 0.3 is 0 Å². The van der Waals surface area contributed by atoms with Crippen LogP contribution in [0.3, 0.4) is 0 Å². The number of unbranched alkanes of at least 4 members (excludes halogenated alkanes) is 5. The highest BCUT2D eigenvalue weighted by atomic mass is 16.5. The Morgan fingerprint density at radius 1 is 1.00 bits per heavy atom. The van der Waals surface area contributed by atoms with E-state index in [1.165, 1.54) is 19.3 Å². The SMILES string of the molecule is CCCCCCCCO[C@@H](C=O)[C@@H](O)[C@@H](O)[C@H](O)CO. The third-order valence-electron chi connectivity index (χ3n) is 3.21. The van der Waals surface area contributed by atoms with E-state index in [1.54, 1.807) is 0 Å². The summed E-state index contributed by atoms with van der Waals surface area (Å²) in [5.74, 6) is 0. The van der Waals surface area contributed by atoms with E-state index in [1.807, 2.05) is 0 Å². The van der Waals surface area contributed by atoms with Crippen LogP contribution in [0.1, 0.15) is 45.4 Å². The third kappa shape index (κ3) is 7.91. The number of aliphatic hydroxyl groups excluding tert-OH is 4. The van der Waals surface area contributed by atoms with Crippen LogP contribution in [0.2, 0.25) is 0 Å². The molecule has 0 saturated carbocycles. The van der Waals surface area contributed by atoms with Gasteiger partial charge in [0.05, 0.1) is 6.61 Å². The van der Waals surface area contributed by atoms with E-state index >= 15 is 0 Å². The Bertz CT molecular complexity index is 236. The molecule has 0 aliphatic rings. The lowest BCUT2D eigenvalue weighted by Crippen LogP contribution is -2.47. The fourth-order valence-corrected chi connectivity index (χ4v) is 1.85. The molecular formula is C14H28O6. The summed E-state index contributed by atoms with van der Waals surface area (Å²) in [6.07, 6.45) is 0.997. The average Bonchev–Trinajstić information content (AvgIpc) is 2.48. The van der Waals surface area contributed by atoms with Crippen molar-refractivity contribution in [1.29, 1.82) is 0 Å². The topological polar surface area (TPSA) is 107 Å². The fraction of sp³-hybridized carbons (Fsp3) is 0.929. The third-order valence-corrected chi connectivity index (χ3v) is 3.21. The predicted molar refractivity (Wildman–Crippen MR) is 74.3 cm³/mol. The zero-order chi connectivity index (χ0) is 15.4. The van der Waals surface area contributed by atoms with Gasteiger partial charge in [-0.05, 0) is 6.42 Å². The molecule has 0 rings (SSSR count). The Kier molecular flexibility index (Phi) is 11.9. The highest BCUT2D eigenvalue weighted by Crippen LogP contribution is 2.09. The van der Waals surface area contributed by atoms with Crippen LogP contribution in [0.25, 0.3) is 0 Å². The smallest absolute Gasteiger partial charge is 0.151 e. The second kappa shape index (κ2) is 12.2. The second-order valence-electron chi connectivity index (χ2n) is 4.97. The maximum Gasteiger partial charge on any atom is 0.151 e. The molecule has 0 saturated heterocycles. The lowest BCUT2D eigenvalue weighted by molar-refractivity contribution is -0.146. The second-order valence-corrected chi connectivity index (χ2v) is 4.97. The lowest BCUT2D eigenvalue weighted by Gasteiger charge is -2.25. The quantitative estimate of drug-likeness (QED) is 0.281. The van der Waals surface area contributed by atoms with E-state index in [-0.39, 0.29) is 0 Å². The molecule has 0 spiro atoms. The molecule has 0 aliphatic carbocycles. The Labute approximate surface area is 120 Å². The molecule has 20 heavy (non-hydrogen) atoms. The molecule has 0 bridgehead atoms. The molecule has 0 aromatic heterocycles. The molecule has 0 aliphatic heterocycles. The zero-order valence-corrected chi connectivity index (χ0v) is 12.1. The first-order valence-corrected chi connectivity index (χ1v) is 7.30. The molecule has 0 aromatic carbocycles. The van der Waals surface area contributed by atoms with Crippen molar-refractivity contribution in [1.82, 2.24) is 0 Å². The van der Waals surface area contributed by atoms with Crippen molar-refractivity contribution in [2.24, 2.45) is 0 Å². The molecule has 0 amide bonds. The molecule has 0 fully saturated rings. The van der Waals surface area contributed by atoms with Gasteiger partial charge in [0.25, 0.3) is 0 Å². The van der Waals surface area contributed by atoms with Crippen LogP contribution in [0.15, 0.2) is 0 Å². The minimum absolute atomic E-state index is 0.314. The molecule has 0 aromatic rings. The maximum absolute atomic E-state index is 10.8. The van der Waals surface area contributed by atoms with Crippen molar-refractivity contribution in [3.8, 4) is 0 Å². The first-order chi connectivity index (χ1) is 9.58. The minimum atomic E-state index is -1.61. The number of aliphatic hydroxyl groups is 4. The number of aldehydes is 1. The van der Waals surface area contributed by atoms with Crippen LogP contribution < -0.4 is 0 Å². The molecule has 4 N–H and O–H groups in total. The van der Waals surface area contributed by atoms with E-state index in [9.17, 15) is 20.1 Å². The summed E-state index contributed by atoms with van der Waals surface area (Å²) in [6, 6.07) is 0. The molecule has 0 radical (unpaired) electrons. The van der Waals surface area contributed by atoms with Gasteiger partial charge in [0.15, 0.2) is 6.29 Å². The Hall–Kier alpha value is -0.530. The molecule has 120 valence electrons. The van der Waals surface area contributed by atoms with Gasteiger partial charge in [-0.2, -0.15) is 0 Å². The van der Waals surface area contributed by atoms with Crippen LogP contribution in [0.4, 0.5) is 0 Å². The summed E-state index contributed by atoms with van der Waals surface area (Å²) in [7, 11) is 0. The molecule has 6 nitrogen and oxygen atoms in total. The van der Waals surface area contributed by atoms with Crippen LogP contribution >= 0.6 is 0 Å². The van der Waals surface area contributed by atoms with Crippen molar-refractivity contribution in [2.45, 2.75) is 69.9 Å². The van der Waals surface area contributed by atoms with Gasteiger partial charge in [0, 0.05) is 6.61 Å². The number of ether oxygens (including phenoxy) is 1. The highest BCUT2D eigenvalue weighted by Gasteiger charge is 2.31. The standard InChI is InChI=1S/C14H28O6/c1-2-3-4-5-6-7-8-20-12(10-16)14(19)13(18)11(17)9-15/h10-15,17-19H,2-9H2,1H3/t11-,12+,13+,14-/m1/s1.